The van der Waals surface area contributed by atoms with Gasteiger partial charge in [0.1, 0.15) is 5.75 Å². The minimum atomic E-state index is 0.204. The van der Waals surface area contributed by atoms with Crippen molar-refractivity contribution in [2.75, 3.05) is 6.54 Å². The Labute approximate surface area is 99.4 Å². The lowest BCUT2D eigenvalue weighted by atomic mass is 9.99. The first-order chi connectivity index (χ1) is 7.59. The molecule has 0 bridgehead atoms. The summed E-state index contributed by atoms with van der Waals surface area (Å²) < 4.78 is 0. The molecule has 5 heteroatoms. The van der Waals surface area contributed by atoms with Gasteiger partial charge in [0.25, 0.3) is 0 Å². The first kappa shape index (κ1) is 10.9. The van der Waals surface area contributed by atoms with E-state index < -0.39 is 0 Å². The van der Waals surface area contributed by atoms with E-state index in [0.29, 0.717) is 6.54 Å². The number of hydrogen-bond donors (Lipinski definition) is 2. The van der Waals surface area contributed by atoms with Crippen LogP contribution in [0.25, 0.3) is 0 Å². The predicted molar refractivity (Wildman–Crippen MR) is 67.3 cm³/mol. The number of phenols is 1. The Morgan fingerprint density at radius 2 is 2.25 bits per heavy atom. The van der Waals surface area contributed by atoms with Crippen LogP contribution in [0.5, 0.6) is 5.75 Å². The quantitative estimate of drug-likeness (QED) is 0.720. The van der Waals surface area contributed by atoms with Crippen LogP contribution in [-0.4, -0.2) is 27.5 Å². The fourth-order valence-electron chi connectivity index (χ4n) is 1.76. The molecule has 0 saturated carbocycles. The Hall–Kier alpha value is -1.62. The summed E-state index contributed by atoms with van der Waals surface area (Å²) in [4.78, 5) is 0. The molecular formula is C11H13N3OS. The van der Waals surface area contributed by atoms with Gasteiger partial charge in [-0.3, -0.25) is 0 Å². The van der Waals surface area contributed by atoms with Gasteiger partial charge in [0.15, 0.2) is 5.11 Å². The first-order valence-electron chi connectivity index (χ1n) is 5.03. The second kappa shape index (κ2) is 4.09. The molecule has 1 aliphatic rings. The van der Waals surface area contributed by atoms with E-state index in [0.717, 1.165) is 11.3 Å². The zero-order valence-electron chi connectivity index (χ0n) is 8.92. The number of hydrogen-bond acceptors (Lipinski definition) is 3. The molecule has 0 fully saturated rings. The number of hydrazone groups is 1. The van der Waals surface area contributed by atoms with Gasteiger partial charge in [0.2, 0.25) is 0 Å². The summed E-state index contributed by atoms with van der Waals surface area (Å²) in [7, 11) is 0. The Bertz CT molecular complexity index is 458. The number of rotatable bonds is 1. The molecule has 0 saturated heterocycles. The van der Waals surface area contributed by atoms with E-state index in [9.17, 15) is 5.11 Å². The van der Waals surface area contributed by atoms with Crippen molar-refractivity contribution in [2.24, 2.45) is 16.8 Å². The van der Waals surface area contributed by atoms with Gasteiger partial charge < -0.3 is 10.8 Å². The molecule has 0 amide bonds. The average molecular weight is 235 g/mol. The Morgan fingerprint density at radius 1 is 1.56 bits per heavy atom. The second-order valence-corrected chi connectivity index (χ2v) is 4.24. The summed E-state index contributed by atoms with van der Waals surface area (Å²) in [5.74, 6) is 0.438. The molecule has 1 aromatic carbocycles. The predicted octanol–water partition coefficient (Wildman–Crippen LogP) is 1.29. The van der Waals surface area contributed by atoms with Gasteiger partial charge >= 0.3 is 0 Å². The Kier molecular flexibility index (Phi) is 2.78. The van der Waals surface area contributed by atoms with Crippen LogP contribution in [-0.2, 0) is 0 Å². The SMILES string of the molecule is CC1CN(C(N)=S)N=C1c1ccccc1O. The highest BCUT2D eigenvalue weighted by atomic mass is 32.1. The summed E-state index contributed by atoms with van der Waals surface area (Å²) >= 11 is 4.88. The summed E-state index contributed by atoms with van der Waals surface area (Å²) in [5.41, 5.74) is 7.10. The van der Waals surface area contributed by atoms with Gasteiger partial charge in [0, 0.05) is 11.5 Å². The summed E-state index contributed by atoms with van der Waals surface area (Å²) in [5, 5.41) is 15.9. The van der Waals surface area contributed by atoms with Crippen molar-refractivity contribution < 1.29 is 5.11 Å². The van der Waals surface area contributed by atoms with Crippen LogP contribution in [0.4, 0.5) is 0 Å². The van der Waals surface area contributed by atoms with Gasteiger partial charge in [0.05, 0.1) is 12.3 Å². The van der Waals surface area contributed by atoms with E-state index in [1.165, 1.54) is 0 Å². The maximum absolute atomic E-state index is 9.75. The lowest BCUT2D eigenvalue weighted by molar-refractivity contribution is 0.459. The number of para-hydroxylation sites is 1. The number of thiocarbonyl (C=S) groups is 1. The van der Waals surface area contributed by atoms with Gasteiger partial charge in [-0.25, -0.2) is 5.01 Å². The first-order valence-corrected chi connectivity index (χ1v) is 5.44. The zero-order chi connectivity index (χ0) is 11.7. The fourth-order valence-corrected chi connectivity index (χ4v) is 1.88. The highest BCUT2D eigenvalue weighted by Crippen LogP contribution is 2.25. The second-order valence-electron chi connectivity index (χ2n) is 3.82. The van der Waals surface area contributed by atoms with Crippen molar-refractivity contribution in [3.63, 3.8) is 0 Å². The van der Waals surface area contributed by atoms with E-state index in [2.05, 4.69) is 5.10 Å². The van der Waals surface area contributed by atoms with Gasteiger partial charge in [-0.2, -0.15) is 5.10 Å². The summed E-state index contributed by atoms with van der Waals surface area (Å²) in [6.07, 6.45) is 0. The number of aromatic hydroxyl groups is 1. The van der Waals surface area contributed by atoms with E-state index >= 15 is 0 Å². The van der Waals surface area contributed by atoms with Crippen LogP contribution in [0.3, 0.4) is 0 Å². The van der Waals surface area contributed by atoms with Gasteiger partial charge in [-0.15, -0.1) is 0 Å². The molecule has 3 N–H and O–H groups in total. The summed E-state index contributed by atoms with van der Waals surface area (Å²) in [6, 6.07) is 7.14. The molecule has 0 spiro atoms. The lowest BCUT2D eigenvalue weighted by Crippen LogP contribution is -2.30. The summed E-state index contributed by atoms with van der Waals surface area (Å²) in [6.45, 7) is 2.70. The van der Waals surface area contributed by atoms with Gasteiger partial charge in [-0.05, 0) is 24.4 Å². The van der Waals surface area contributed by atoms with E-state index in [-0.39, 0.29) is 16.8 Å². The molecule has 1 atom stereocenters. The highest BCUT2D eigenvalue weighted by molar-refractivity contribution is 7.80. The normalized spacial score (nSPS) is 19.7. The largest absolute Gasteiger partial charge is 0.507 e. The maximum Gasteiger partial charge on any atom is 0.186 e. The molecule has 2 rings (SSSR count). The average Bonchev–Trinajstić information content (AvgIpc) is 2.61. The fraction of sp³-hybridized carbons (Fsp3) is 0.273. The molecule has 16 heavy (non-hydrogen) atoms. The topological polar surface area (TPSA) is 61.8 Å². The van der Waals surface area contributed by atoms with Crippen LogP contribution >= 0.6 is 12.2 Å². The third-order valence-corrected chi connectivity index (χ3v) is 2.79. The molecule has 0 radical (unpaired) electrons. The number of nitrogens with zero attached hydrogens (tertiary/aromatic N) is 2. The lowest BCUT2D eigenvalue weighted by Gasteiger charge is -2.10. The molecule has 0 aromatic heterocycles. The minimum absolute atomic E-state index is 0.204. The van der Waals surface area contributed by atoms with Crippen molar-refractivity contribution in [1.29, 1.82) is 0 Å². The van der Waals surface area contributed by atoms with Gasteiger partial charge in [-0.1, -0.05) is 19.1 Å². The number of benzene rings is 1. The third kappa shape index (κ3) is 1.86. The van der Waals surface area contributed by atoms with Crippen molar-refractivity contribution in [3.8, 4) is 5.75 Å². The molecule has 1 aromatic rings. The van der Waals surface area contributed by atoms with Crippen LogP contribution in [0.2, 0.25) is 0 Å². The number of nitrogens with two attached hydrogens (primary N) is 1. The molecule has 84 valence electrons. The van der Waals surface area contributed by atoms with Crippen LogP contribution in [0.1, 0.15) is 12.5 Å². The Morgan fingerprint density at radius 3 is 2.81 bits per heavy atom. The van der Waals surface area contributed by atoms with Crippen LogP contribution in [0.15, 0.2) is 29.4 Å². The number of phenolic OH excluding ortho intramolecular Hbond substituents is 1. The van der Waals surface area contributed by atoms with Crippen LogP contribution in [0, 0.1) is 5.92 Å². The molecular weight excluding hydrogens is 222 g/mol. The van der Waals surface area contributed by atoms with Crippen molar-refractivity contribution in [2.45, 2.75) is 6.92 Å². The van der Waals surface area contributed by atoms with Crippen molar-refractivity contribution in [3.05, 3.63) is 29.8 Å². The van der Waals surface area contributed by atoms with Crippen molar-refractivity contribution >= 4 is 23.0 Å². The minimum Gasteiger partial charge on any atom is -0.507 e. The third-order valence-electron chi connectivity index (χ3n) is 2.58. The standard InChI is InChI=1S/C11H13N3OS/c1-7-6-14(11(12)16)13-10(7)8-4-2-3-5-9(8)15/h2-5,7,15H,6H2,1H3,(H2,12,16). The van der Waals surface area contributed by atoms with E-state index in [1.54, 1.807) is 17.1 Å². The molecule has 1 heterocycles. The van der Waals surface area contributed by atoms with E-state index in [4.69, 9.17) is 18.0 Å². The molecule has 1 aliphatic heterocycles. The zero-order valence-corrected chi connectivity index (χ0v) is 9.74. The highest BCUT2D eigenvalue weighted by Gasteiger charge is 2.26. The maximum atomic E-state index is 9.75. The van der Waals surface area contributed by atoms with E-state index in [1.807, 2.05) is 19.1 Å². The smallest absolute Gasteiger partial charge is 0.186 e. The van der Waals surface area contributed by atoms with Crippen LogP contribution < -0.4 is 5.73 Å². The molecule has 1 unspecified atom stereocenters. The molecule has 0 aliphatic carbocycles. The monoisotopic (exact) mass is 235 g/mol. The van der Waals surface area contributed by atoms with Crippen molar-refractivity contribution in [1.82, 2.24) is 5.01 Å². The Balaban J connectivity index is 2.38. The molecule has 4 nitrogen and oxygen atoms in total.